The minimum Gasteiger partial charge on any atom is -0.508 e. The van der Waals surface area contributed by atoms with Crippen LogP contribution < -0.4 is 16.4 Å². The standard InChI is InChI=1S/C31H36N4O7/c1-29-12-17-18(34(3)4)11-16(14-8-7-9-15(32)10-14)22(36)19(17)23(37)21(29)27(40)31(42)26(39)20(28(33)41)24(38)25(35(5)6)30(31,2)13-29/h7-11,25,36-37,39,42H,12-13,32H2,1-6H3,(H2,33,41)/t25-,29+,30+,31-/m1/s1. The summed E-state index contributed by atoms with van der Waals surface area (Å²) in [7, 11) is 6.77. The van der Waals surface area contributed by atoms with E-state index in [2.05, 4.69) is 0 Å². The van der Waals surface area contributed by atoms with E-state index < -0.39 is 57.0 Å². The zero-order chi connectivity index (χ0) is 31.3. The van der Waals surface area contributed by atoms with Crippen LogP contribution in [-0.4, -0.2) is 82.6 Å². The molecule has 0 radical (unpaired) electrons. The van der Waals surface area contributed by atoms with Crippen molar-refractivity contribution < 1.29 is 34.8 Å². The van der Waals surface area contributed by atoms with Gasteiger partial charge in [0.2, 0.25) is 5.78 Å². The van der Waals surface area contributed by atoms with E-state index in [0.717, 1.165) is 0 Å². The number of fused-ring (bicyclic) bond motifs is 3. The maximum Gasteiger partial charge on any atom is 0.255 e. The third kappa shape index (κ3) is 3.56. The number of hydrogen-bond acceptors (Lipinski definition) is 10. The molecule has 3 aliphatic carbocycles. The molecule has 1 saturated carbocycles. The number of aromatic hydroxyl groups is 1. The van der Waals surface area contributed by atoms with Crippen LogP contribution in [0.2, 0.25) is 0 Å². The van der Waals surface area contributed by atoms with E-state index in [9.17, 15) is 34.8 Å². The topological polar surface area (TPSA) is 191 Å². The average Bonchev–Trinajstić information content (AvgIpc) is 2.85. The number of aliphatic hydroxyl groups excluding tert-OH is 2. The third-order valence-electron chi connectivity index (χ3n) is 9.29. The number of hydrogen-bond donors (Lipinski definition) is 6. The van der Waals surface area contributed by atoms with Gasteiger partial charge in [0, 0.05) is 47.4 Å². The Morgan fingerprint density at radius 1 is 1.05 bits per heavy atom. The van der Waals surface area contributed by atoms with Gasteiger partial charge in [-0.1, -0.05) is 26.0 Å². The molecule has 0 aromatic heterocycles. The van der Waals surface area contributed by atoms with Crippen molar-refractivity contribution in [1.29, 1.82) is 0 Å². The van der Waals surface area contributed by atoms with E-state index in [4.69, 9.17) is 11.5 Å². The zero-order valence-corrected chi connectivity index (χ0v) is 24.4. The second-order valence-electron chi connectivity index (χ2n) is 12.6. The predicted octanol–water partition coefficient (Wildman–Crippen LogP) is 2.06. The van der Waals surface area contributed by atoms with Gasteiger partial charge in [-0.2, -0.15) is 0 Å². The normalized spacial score (nSPS) is 28.9. The Labute approximate surface area is 243 Å². The second kappa shape index (κ2) is 9.07. The van der Waals surface area contributed by atoms with Gasteiger partial charge in [0.05, 0.1) is 11.6 Å². The van der Waals surface area contributed by atoms with Gasteiger partial charge in [-0.05, 0) is 56.3 Å². The molecule has 0 unspecified atom stereocenters. The quantitative estimate of drug-likeness (QED) is 0.232. The van der Waals surface area contributed by atoms with E-state index >= 15 is 0 Å². The number of nitrogens with two attached hydrogens (primary N) is 2. The summed E-state index contributed by atoms with van der Waals surface area (Å²) in [5.74, 6) is -5.14. The van der Waals surface area contributed by atoms with E-state index in [1.807, 2.05) is 19.0 Å². The molecule has 0 heterocycles. The Bertz CT molecular complexity index is 1660. The first kappa shape index (κ1) is 29.2. The average molecular weight is 577 g/mol. The van der Waals surface area contributed by atoms with Crippen molar-refractivity contribution in [2.45, 2.75) is 38.3 Å². The van der Waals surface area contributed by atoms with Crippen LogP contribution in [0.4, 0.5) is 11.4 Å². The molecule has 4 atom stereocenters. The van der Waals surface area contributed by atoms with Crippen molar-refractivity contribution in [3.63, 3.8) is 0 Å². The molecular weight excluding hydrogens is 540 g/mol. The lowest BCUT2D eigenvalue weighted by Gasteiger charge is -2.59. The summed E-state index contributed by atoms with van der Waals surface area (Å²) in [5, 5.41) is 46.8. The fourth-order valence-corrected chi connectivity index (χ4v) is 7.70. The highest BCUT2D eigenvalue weighted by Gasteiger charge is 2.72. The summed E-state index contributed by atoms with van der Waals surface area (Å²) in [6.45, 7) is 3.26. The van der Waals surface area contributed by atoms with Gasteiger partial charge in [0.15, 0.2) is 11.4 Å². The number of primary amides is 1. The van der Waals surface area contributed by atoms with Crippen LogP contribution >= 0.6 is 0 Å². The molecule has 11 nitrogen and oxygen atoms in total. The third-order valence-corrected chi connectivity index (χ3v) is 9.29. The number of Topliss-reactive ketones (excluding diaryl/α,β-unsaturated/α-hetero) is 2. The van der Waals surface area contributed by atoms with Crippen molar-refractivity contribution >= 4 is 34.6 Å². The lowest BCUT2D eigenvalue weighted by molar-refractivity contribution is -0.175. The number of carbonyl (C=O) groups excluding carboxylic acids is 3. The minimum absolute atomic E-state index is 0.0151. The van der Waals surface area contributed by atoms with Crippen LogP contribution in [0.15, 0.2) is 47.2 Å². The van der Waals surface area contributed by atoms with Crippen LogP contribution in [-0.2, 0) is 20.8 Å². The molecular formula is C31H36N4O7. The first-order valence-corrected chi connectivity index (χ1v) is 13.5. The van der Waals surface area contributed by atoms with E-state index in [1.165, 1.54) is 11.8 Å². The van der Waals surface area contributed by atoms with Crippen molar-refractivity contribution in [3.8, 4) is 16.9 Å². The van der Waals surface area contributed by atoms with Gasteiger partial charge in [-0.3, -0.25) is 19.3 Å². The molecule has 5 rings (SSSR count). The van der Waals surface area contributed by atoms with Crippen LogP contribution in [0.3, 0.4) is 0 Å². The Morgan fingerprint density at radius 3 is 2.24 bits per heavy atom. The van der Waals surface area contributed by atoms with Gasteiger partial charge in [-0.15, -0.1) is 0 Å². The van der Waals surface area contributed by atoms with Gasteiger partial charge < -0.3 is 36.8 Å². The molecule has 0 bridgehead atoms. The molecule has 0 spiro atoms. The number of likely N-dealkylation sites (N-methyl/N-ethyl adjacent to an activating group) is 1. The van der Waals surface area contributed by atoms with Gasteiger partial charge in [0.25, 0.3) is 5.91 Å². The molecule has 42 heavy (non-hydrogen) atoms. The molecule has 222 valence electrons. The number of amides is 1. The molecule has 11 heteroatoms. The molecule has 0 saturated heterocycles. The number of nitrogen functional groups attached to an aromatic ring is 1. The Kier molecular flexibility index (Phi) is 6.30. The highest BCUT2D eigenvalue weighted by molar-refractivity contribution is 6.25. The summed E-state index contributed by atoms with van der Waals surface area (Å²) in [6.07, 6.45) is 0.106. The molecule has 0 aliphatic heterocycles. The summed E-state index contributed by atoms with van der Waals surface area (Å²) < 4.78 is 0. The van der Waals surface area contributed by atoms with Crippen molar-refractivity contribution in [3.05, 3.63) is 58.4 Å². The van der Waals surface area contributed by atoms with Crippen LogP contribution in [0, 0.1) is 10.8 Å². The number of benzene rings is 2. The number of phenols is 1. The number of anilines is 2. The summed E-state index contributed by atoms with van der Waals surface area (Å²) >= 11 is 0. The Balaban J connectivity index is 1.86. The number of carbonyl (C=O) groups is 3. The number of nitrogens with zero attached hydrogens (tertiary/aromatic N) is 2. The SMILES string of the molecule is CN(C)c1cc(-c2cccc(N)c2)c(O)c2c1C[C@@]1(C)C[C@@]3(C)[C@H](N(C)C)C(=O)C(C(N)=O)=C(O)[C@@]3(O)C(=O)C1=C2O. The van der Waals surface area contributed by atoms with E-state index in [0.29, 0.717) is 28.1 Å². The first-order valence-electron chi connectivity index (χ1n) is 13.5. The molecule has 1 amide bonds. The first-order chi connectivity index (χ1) is 19.4. The molecule has 2 aromatic carbocycles. The van der Waals surface area contributed by atoms with Crippen molar-refractivity contribution in [2.24, 2.45) is 16.6 Å². The number of rotatable bonds is 4. The van der Waals surface area contributed by atoms with Crippen LogP contribution in [0.1, 0.15) is 31.4 Å². The van der Waals surface area contributed by atoms with Gasteiger partial charge >= 0.3 is 0 Å². The van der Waals surface area contributed by atoms with Crippen LogP contribution in [0.5, 0.6) is 5.75 Å². The number of aliphatic hydroxyl groups is 3. The monoisotopic (exact) mass is 576 g/mol. The summed E-state index contributed by atoms with van der Waals surface area (Å²) in [6, 6.07) is 7.43. The highest BCUT2D eigenvalue weighted by atomic mass is 16.3. The summed E-state index contributed by atoms with van der Waals surface area (Å²) in [4.78, 5) is 43.7. The molecule has 3 aliphatic rings. The molecule has 8 N–H and O–H groups in total. The van der Waals surface area contributed by atoms with E-state index in [1.54, 1.807) is 51.4 Å². The number of phenolic OH excluding ortho intramolecular Hbond substituents is 1. The lowest BCUT2D eigenvalue weighted by atomic mass is 9.46. The van der Waals surface area contributed by atoms with Crippen LogP contribution in [0.25, 0.3) is 16.9 Å². The fourth-order valence-electron chi connectivity index (χ4n) is 7.70. The molecule has 1 fully saturated rings. The Morgan fingerprint density at radius 2 is 1.69 bits per heavy atom. The minimum atomic E-state index is -2.77. The van der Waals surface area contributed by atoms with Gasteiger partial charge in [-0.25, -0.2) is 0 Å². The Hall–Kier alpha value is -4.35. The zero-order valence-electron chi connectivity index (χ0n) is 24.4. The highest BCUT2D eigenvalue weighted by Crippen LogP contribution is 2.64. The van der Waals surface area contributed by atoms with Gasteiger partial charge in [0.1, 0.15) is 22.8 Å². The maximum atomic E-state index is 14.5. The van der Waals surface area contributed by atoms with Crippen molar-refractivity contribution in [2.75, 3.05) is 38.8 Å². The number of ketones is 2. The smallest absolute Gasteiger partial charge is 0.255 e. The maximum absolute atomic E-state index is 14.5. The predicted molar refractivity (Wildman–Crippen MR) is 158 cm³/mol. The largest absolute Gasteiger partial charge is 0.508 e. The second-order valence-corrected chi connectivity index (χ2v) is 12.6. The van der Waals surface area contributed by atoms with Crippen molar-refractivity contribution in [1.82, 2.24) is 4.90 Å². The van der Waals surface area contributed by atoms with E-state index in [-0.39, 0.29) is 29.7 Å². The lowest BCUT2D eigenvalue weighted by Crippen LogP contribution is -2.72. The molecule has 2 aromatic rings. The fraction of sp³-hybridized carbons (Fsp3) is 0.387. The summed E-state index contributed by atoms with van der Waals surface area (Å²) in [5.41, 5.74) is 7.48.